The Bertz CT molecular complexity index is 324. The zero-order valence-electron chi connectivity index (χ0n) is 8.74. The Hall–Kier alpha value is -0.0900. The average molecular weight is 246 g/mol. The summed E-state index contributed by atoms with van der Waals surface area (Å²) < 4.78 is 0.735. The molecule has 1 aromatic rings. The number of rotatable bonds is 5. The third kappa shape index (κ3) is 3.18. The van der Waals surface area contributed by atoms with Crippen LogP contribution in [0, 0.1) is 5.92 Å². The summed E-state index contributed by atoms with van der Waals surface area (Å²) in [5, 5.41) is 13.2. The molecule has 2 unspecified atom stereocenters. The summed E-state index contributed by atoms with van der Waals surface area (Å²) in [4.78, 5) is 0.940. The molecule has 1 heterocycles. The Balaban J connectivity index is 1.78. The number of nitrogens with one attached hydrogen (secondary N) is 1. The summed E-state index contributed by atoms with van der Waals surface area (Å²) in [5.74, 6) is 0.823. The van der Waals surface area contributed by atoms with Gasteiger partial charge < -0.3 is 10.4 Å². The largest absolute Gasteiger partial charge is 0.386 e. The molecule has 1 fully saturated rings. The summed E-state index contributed by atoms with van der Waals surface area (Å²) in [7, 11) is 0. The van der Waals surface area contributed by atoms with Crippen molar-refractivity contribution in [3.8, 4) is 0 Å². The first-order valence-electron chi connectivity index (χ1n) is 5.33. The van der Waals surface area contributed by atoms with E-state index >= 15 is 0 Å². The van der Waals surface area contributed by atoms with Gasteiger partial charge in [0.05, 0.1) is 4.34 Å². The second kappa shape index (κ2) is 4.83. The average Bonchev–Trinajstić information content (AvgIpc) is 2.97. The van der Waals surface area contributed by atoms with Gasteiger partial charge in [-0.2, -0.15) is 0 Å². The highest BCUT2D eigenvalue weighted by atomic mass is 35.5. The van der Waals surface area contributed by atoms with Crippen molar-refractivity contribution in [2.24, 2.45) is 5.92 Å². The SMILES string of the molecule is CC(NCC(O)c1ccc(Cl)s1)C1CC1. The van der Waals surface area contributed by atoms with Crippen molar-refractivity contribution in [1.82, 2.24) is 5.32 Å². The number of thiophene rings is 1. The zero-order chi connectivity index (χ0) is 10.8. The molecule has 0 aliphatic heterocycles. The fourth-order valence-electron chi connectivity index (χ4n) is 1.67. The third-order valence-corrected chi connectivity index (χ3v) is 4.22. The van der Waals surface area contributed by atoms with Crippen LogP contribution in [0.1, 0.15) is 30.7 Å². The van der Waals surface area contributed by atoms with E-state index in [2.05, 4.69) is 12.2 Å². The van der Waals surface area contributed by atoms with Gasteiger partial charge in [-0.25, -0.2) is 0 Å². The minimum Gasteiger partial charge on any atom is -0.386 e. The van der Waals surface area contributed by atoms with Gasteiger partial charge in [0, 0.05) is 17.5 Å². The lowest BCUT2D eigenvalue weighted by Crippen LogP contribution is -2.31. The van der Waals surface area contributed by atoms with Gasteiger partial charge in [-0.15, -0.1) is 11.3 Å². The molecule has 1 aliphatic carbocycles. The number of aliphatic hydroxyl groups excluding tert-OH is 1. The Morgan fingerprint density at radius 2 is 2.33 bits per heavy atom. The van der Waals surface area contributed by atoms with E-state index < -0.39 is 6.10 Å². The Morgan fingerprint density at radius 1 is 1.60 bits per heavy atom. The Kier molecular flexibility index (Phi) is 3.67. The van der Waals surface area contributed by atoms with E-state index in [1.807, 2.05) is 12.1 Å². The molecule has 2 atom stereocenters. The highest BCUT2D eigenvalue weighted by Gasteiger charge is 2.27. The molecule has 0 aromatic carbocycles. The second-order valence-corrected chi connectivity index (χ2v) is 5.94. The minimum atomic E-state index is -0.427. The maximum absolute atomic E-state index is 9.87. The van der Waals surface area contributed by atoms with E-state index in [1.54, 1.807) is 0 Å². The monoisotopic (exact) mass is 245 g/mol. The van der Waals surface area contributed by atoms with Crippen molar-refractivity contribution in [2.75, 3.05) is 6.54 Å². The van der Waals surface area contributed by atoms with Crippen molar-refractivity contribution in [3.63, 3.8) is 0 Å². The van der Waals surface area contributed by atoms with Crippen LogP contribution in [-0.2, 0) is 0 Å². The minimum absolute atomic E-state index is 0.427. The zero-order valence-corrected chi connectivity index (χ0v) is 10.3. The Morgan fingerprint density at radius 3 is 2.87 bits per heavy atom. The molecule has 0 amide bonds. The maximum Gasteiger partial charge on any atom is 0.101 e. The molecule has 0 saturated heterocycles. The van der Waals surface area contributed by atoms with Gasteiger partial charge in [0.2, 0.25) is 0 Å². The quantitative estimate of drug-likeness (QED) is 0.836. The fourth-order valence-corrected chi connectivity index (χ4v) is 2.72. The molecule has 84 valence electrons. The van der Waals surface area contributed by atoms with Gasteiger partial charge in [-0.3, -0.25) is 0 Å². The molecular formula is C11H16ClNOS. The molecule has 1 aliphatic rings. The van der Waals surface area contributed by atoms with Gasteiger partial charge in [-0.1, -0.05) is 11.6 Å². The molecule has 0 spiro atoms. The molecule has 2 rings (SSSR count). The predicted octanol–water partition coefficient (Wildman–Crippen LogP) is 2.82. The van der Waals surface area contributed by atoms with E-state index in [1.165, 1.54) is 24.2 Å². The van der Waals surface area contributed by atoms with Crippen LogP contribution in [0.2, 0.25) is 4.34 Å². The molecule has 1 aromatic heterocycles. The highest BCUT2D eigenvalue weighted by Crippen LogP contribution is 2.32. The summed E-state index contributed by atoms with van der Waals surface area (Å²) in [6, 6.07) is 4.24. The van der Waals surface area contributed by atoms with Crippen LogP contribution in [0.5, 0.6) is 0 Å². The first-order valence-corrected chi connectivity index (χ1v) is 6.53. The summed E-state index contributed by atoms with van der Waals surface area (Å²) in [6.45, 7) is 2.81. The third-order valence-electron chi connectivity index (χ3n) is 2.88. The molecule has 1 saturated carbocycles. The van der Waals surface area contributed by atoms with Gasteiger partial charge in [0.25, 0.3) is 0 Å². The molecule has 2 N–H and O–H groups in total. The molecule has 2 nitrogen and oxygen atoms in total. The normalized spacial score (nSPS) is 20.2. The maximum atomic E-state index is 9.87. The predicted molar refractivity (Wildman–Crippen MR) is 64.5 cm³/mol. The van der Waals surface area contributed by atoms with Gasteiger partial charge in [0.1, 0.15) is 6.10 Å². The number of hydrogen-bond acceptors (Lipinski definition) is 3. The van der Waals surface area contributed by atoms with Crippen molar-refractivity contribution in [1.29, 1.82) is 0 Å². The first kappa shape index (κ1) is 11.4. The lowest BCUT2D eigenvalue weighted by atomic mass is 10.2. The fraction of sp³-hybridized carbons (Fsp3) is 0.636. The number of aliphatic hydroxyl groups is 1. The Labute approximate surface area is 99.3 Å². The van der Waals surface area contributed by atoms with Crippen molar-refractivity contribution < 1.29 is 5.11 Å². The van der Waals surface area contributed by atoms with E-state index in [-0.39, 0.29) is 0 Å². The van der Waals surface area contributed by atoms with Gasteiger partial charge >= 0.3 is 0 Å². The molecule has 4 heteroatoms. The lowest BCUT2D eigenvalue weighted by Gasteiger charge is -2.15. The molecule has 0 bridgehead atoms. The van der Waals surface area contributed by atoms with Crippen LogP contribution in [0.3, 0.4) is 0 Å². The van der Waals surface area contributed by atoms with Crippen LogP contribution in [0.25, 0.3) is 0 Å². The van der Waals surface area contributed by atoms with Crippen molar-refractivity contribution in [3.05, 3.63) is 21.3 Å². The van der Waals surface area contributed by atoms with Crippen LogP contribution in [-0.4, -0.2) is 17.7 Å². The molecular weight excluding hydrogens is 230 g/mol. The summed E-state index contributed by atoms with van der Waals surface area (Å²) >= 11 is 7.26. The van der Waals surface area contributed by atoms with Crippen molar-refractivity contribution >= 4 is 22.9 Å². The molecule has 15 heavy (non-hydrogen) atoms. The lowest BCUT2D eigenvalue weighted by molar-refractivity contribution is 0.173. The van der Waals surface area contributed by atoms with Crippen molar-refractivity contribution in [2.45, 2.75) is 31.9 Å². The van der Waals surface area contributed by atoms with Crippen LogP contribution in [0.4, 0.5) is 0 Å². The summed E-state index contributed by atoms with van der Waals surface area (Å²) in [6.07, 6.45) is 2.23. The van der Waals surface area contributed by atoms with E-state index in [4.69, 9.17) is 11.6 Å². The van der Waals surface area contributed by atoms with Gasteiger partial charge in [-0.05, 0) is 37.8 Å². The smallest absolute Gasteiger partial charge is 0.101 e. The van der Waals surface area contributed by atoms with Crippen LogP contribution < -0.4 is 5.32 Å². The first-order chi connectivity index (χ1) is 7.16. The van der Waals surface area contributed by atoms with Crippen LogP contribution >= 0.6 is 22.9 Å². The standard InChI is InChI=1S/C11H16ClNOS/c1-7(8-2-3-8)13-6-9(14)10-4-5-11(12)15-10/h4-5,7-9,13-14H,2-3,6H2,1H3. The number of hydrogen-bond donors (Lipinski definition) is 2. The van der Waals surface area contributed by atoms with Gasteiger partial charge in [0.15, 0.2) is 0 Å². The second-order valence-electron chi connectivity index (χ2n) is 4.19. The highest BCUT2D eigenvalue weighted by molar-refractivity contribution is 7.16. The topological polar surface area (TPSA) is 32.3 Å². The van der Waals surface area contributed by atoms with E-state index in [9.17, 15) is 5.11 Å². The van der Waals surface area contributed by atoms with Crippen LogP contribution in [0.15, 0.2) is 12.1 Å². The molecule has 0 radical (unpaired) electrons. The summed E-state index contributed by atoms with van der Waals surface area (Å²) in [5.41, 5.74) is 0. The van der Waals surface area contributed by atoms with E-state index in [0.717, 1.165) is 15.1 Å². The number of halogens is 1. The van der Waals surface area contributed by atoms with E-state index in [0.29, 0.717) is 12.6 Å².